The van der Waals surface area contributed by atoms with Crippen molar-refractivity contribution < 1.29 is 18.3 Å². The van der Waals surface area contributed by atoms with Crippen LogP contribution in [0.25, 0.3) is 0 Å². The van der Waals surface area contributed by atoms with Crippen LogP contribution in [0.1, 0.15) is 26.3 Å². The van der Waals surface area contributed by atoms with Crippen LogP contribution in [0.15, 0.2) is 16.8 Å². The van der Waals surface area contributed by atoms with Crippen LogP contribution in [-0.2, 0) is 21.1 Å². The largest absolute Gasteiger partial charge is 0.481 e. The molecule has 1 heterocycles. The second kappa shape index (κ2) is 5.40. The van der Waals surface area contributed by atoms with E-state index in [1.807, 2.05) is 16.8 Å². The highest BCUT2D eigenvalue weighted by Gasteiger charge is 2.34. The van der Waals surface area contributed by atoms with Crippen LogP contribution in [0.4, 0.5) is 0 Å². The van der Waals surface area contributed by atoms with Crippen LogP contribution in [0.2, 0.25) is 0 Å². The maximum atomic E-state index is 12.0. The van der Waals surface area contributed by atoms with Gasteiger partial charge in [-0.25, -0.2) is 8.42 Å². The van der Waals surface area contributed by atoms with E-state index in [9.17, 15) is 13.2 Å². The number of carboxylic acid groups (broad SMARTS) is 1. The first-order valence-electron chi connectivity index (χ1n) is 5.59. The molecule has 0 aliphatic rings. The van der Waals surface area contributed by atoms with Gasteiger partial charge >= 0.3 is 5.97 Å². The second-order valence-electron chi connectivity index (χ2n) is 5.26. The Morgan fingerprint density at radius 2 is 2.06 bits per heavy atom. The van der Waals surface area contributed by atoms with Crippen LogP contribution < -0.4 is 0 Å². The molecule has 6 heteroatoms. The van der Waals surface area contributed by atoms with Gasteiger partial charge in [-0.05, 0) is 49.6 Å². The summed E-state index contributed by atoms with van der Waals surface area (Å²) in [5.41, 5.74) is 0.872. The third kappa shape index (κ3) is 3.81. The number of aliphatic carboxylic acids is 1. The SMILES string of the molecule is CC(C)(C)S(=O)(=O)CC(Cc1ccsc1)C(=O)O. The van der Waals surface area contributed by atoms with Crippen LogP contribution in [0.3, 0.4) is 0 Å². The number of sulfone groups is 1. The molecule has 1 N–H and O–H groups in total. The van der Waals surface area contributed by atoms with Gasteiger partial charge < -0.3 is 5.11 Å². The average Bonchev–Trinajstić information content (AvgIpc) is 2.67. The first-order chi connectivity index (χ1) is 8.13. The Morgan fingerprint density at radius 3 is 2.44 bits per heavy atom. The molecule has 0 bridgehead atoms. The van der Waals surface area contributed by atoms with Crippen LogP contribution in [-0.4, -0.2) is 30.0 Å². The molecule has 0 fully saturated rings. The van der Waals surface area contributed by atoms with E-state index in [1.54, 1.807) is 20.8 Å². The smallest absolute Gasteiger partial charge is 0.307 e. The fraction of sp³-hybridized carbons (Fsp3) is 0.583. The van der Waals surface area contributed by atoms with Crippen molar-refractivity contribution in [2.24, 2.45) is 5.92 Å². The first kappa shape index (κ1) is 15.2. The van der Waals surface area contributed by atoms with E-state index in [1.165, 1.54) is 11.3 Å². The summed E-state index contributed by atoms with van der Waals surface area (Å²) in [6.45, 7) is 4.77. The lowest BCUT2D eigenvalue weighted by Gasteiger charge is -2.21. The molecule has 0 saturated heterocycles. The van der Waals surface area contributed by atoms with Crippen LogP contribution in [0, 0.1) is 5.92 Å². The van der Waals surface area contributed by atoms with Gasteiger partial charge in [-0.15, -0.1) is 0 Å². The molecule has 1 rings (SSSR count). The van der Waals surface area contributed by atoms with Crippen molar-refractivity contribution in [2.45, 2.75) is 31.9 Å². The van der Waals surface area contributed by atoms with Crippen molar-refractivity contribution in [3.63, 3.8) is 0 Å². The number of rotatable bonds is 5. The third-order valence-corrected chi connectivity index (χ3v) is 6.20. The van der Waals surface area contributed by atoms with E-state index >= 15 is 0 Å². The molecule has 0 amide bonds. The van der Waals surface area contributed by atoms with E-state index in [4.69, 9.17) is 5.11 Å². The Kier molecular flexibility index (Phi) is 4.55. The van der Waals surface area contributed by atoms with Crippen LogP contribution >= 0.6 is 11.3 Å². The zero-order chi connectivity index (χ0) is 14.0. The molecule has 0 radical (unpaired) electrons. The predicted octanol–water partition coefficient (Wildman–Crippen LogP) is 2.20. The summed E-state index contributed by atoms with van der Waals surface area (Å²) in [4.78, 5) is 11.2. The molecule has 0 aromatic carbocycles. The van der Waals surface area contributed by atoms with Crippen molar-refractivity contribution >= 4 is 27.1 Å². The molecule has 18 heavy (non-hydrogen) atoms. The molecule has 1 aromatic rings. The first-order valence-corrected chi connectivity index (χ1v) is 8.19. The van der Waals surface area contributed by atoms with Crippen molar-refractivity contribution in [3.8, 4) is 0 Å². The van der Waals surface area contributed by atoms with Crippen molar-refractivity contribution in [1.29, 1.82) is 0 Å². The summed E-state index contributed by atoms with van der Waals surface area (Å²) in [6, 6.07) is 1.82. The summed E-state index contributed by atoms with van der Waals surface area (Å²) in [6.07, 6.45) is 0.258. The number of carbonyl (C=O) groups is 1. The van der Waals surface area contributed by atoms with Gasteiger partial charge in [0.25, 0.3) is 0 Å². The maximum absolute atomic E-state index is 12.0. The van der Waals surface area contributed by atoms with Crippen molar-refractivity contribution in [2.75, 3.05) is 5.75 Å². The normalized spacial score (nSPS) is 14.4. The fourth-order valence-corrected chi connectivity index (χ4v) is 3.40. The van der Waals surface area contributed by atoms with E-state index < -0.39 is 26.5 Å². The van der Waals surface area contributed by atoms with Crippen molar-refractivity contribution in [1.82, 2.24) is 0 Å². The minimum atomic E-state index is -3.42. The summed E-state index contributed by atoms with van der Waals surface area (Å²) >= 11 is 1.47. The van der Waals surface area contributed by atoms with Gasteiger partial charge in [0.1, 0.15) is 0 Å². The molecule has 0 spiro atoms. The molecular weight excluding hydrogens is 272 g/mol. The Labute approximate surface area is 112 Å². The predicted molar refractivity (Wildman–Crippen MR) is 72.7 cm³/mol. The average molecular weight is 290 g/mol. The minimum Gasteiger partial charge on any atom is -0.481 e. The monoisotopic (exact) mass is 290 g/mol. The lowest BCUT2D eigenvalue weighted by Crippen LogP contribution is -2.36. The highest BCUT2D eigenvalue weighted by atomic mass is 32.2. The fourth-order valence-electron chi connectivity index (χ4n) is 1.43. The van der Waals surface area contributed by atoms with E-state index in [-0.39, 0.29) is 12.2 Å². The summed E-state index contributed by atoms with van der Waals surface area (Å²) in [5.74, 6) is -2.26. The quantitative estimate of drug-likeness (QED) is 0.902. The number of thiophene rings is 1. The molecule has 0 aliphatic carbocycles. The van der Waals surface area contributed by atoms with E-state index in [2.05, 4.69) is 0 Å². The molecule has 102 valence electrons. The molecule has 0 saturated carbocycles. The molecule has 1 atom stereocenters. The van der Waals surface area contributed by atoms with Gasteiger partial charge in [0.15, 0.2) is 9.84 Å². The molecule has 1 unspecified atom stereocenters. The topological polar surface area (TPSA) is 71.4 Å². The Balaban J connectivity index is 2.86. The zero-order valence-corrected chi connectivity index (χ0v) is 12.3. The molecule has 0 aliphatic heterocycles. The van der Waals surface area contributed by atoms with Crippen LogP contribution in [0.5, 0.6) is 0 Å². The Bertz CT molecular complexity index is 495. The number of hydrogen-bond donors (Lipinski definition) is 1. The molecule has 4 nitrogen and oxygen atoms in total. The maximum Gasteiger partial charge on any atom is 0.307 e. The van der Waals surface area contributed by atoms with E-state index in [0.29, 0.717) is 0 Å². The zero-order valence-electron chi connectivity index (χ0n) is 10.7. The lowest BCUT2D eigenvalue weighted by atomic mass is 10.0. The number of carboxylic acids is 1. The lowest BCUT2D eigenvalue weighted by molar-refractivity contribution is -0.140. The van der Waals surface area contributed by atoms with Crippen molar-refractivity contribution in [3.05, 3.63) is 22.4 Å². The highest BCUT2D eigenvalue weighted by Crippen LogP contribution is 2.21. The van der Waals surface area contributed by atoms with Gasteiger partial charge in [-0.2, -0.15) is 11.3 Å². The number of hydrogen-bond acceptors (Lipinski definition) is 4. The third-order valence-electron chi connectivity index (χ3n) is 2.77. The van der Waals surface area contributed by atoms with Gasteiger partial charge in [-0.1, -0.05) is 0 Å². The van der Waals surface area contributed by atoms with E-state index in [0.717, 1.165) is 5.56 Å². The van der Waals surface area contributed by atoms with Gasteiger partial charge in [-0.3, -0.25) is 4.79 Å². The standard InChI is InChI=1S/C12H18O4S2/c1-12(2,3)18(15,16)8-10(11(13)14)6-9-4-5-17-7-9/h4-5,7,10H,6,8H2,1-3H3,(H,13,14). The second-order valence-corrected chi connectivity index (χ2v) is 8.83. The summed E-state index contributed by atoms with van der Waals surface area (Å²) in [7, 11) is -3.42. The summed E-state index contributed by atoms with van der Waals surface area (Å²) in [5, 5.41) is 12.8. The van der Waals surface area contributed by atoms with Gasteiger partial charge in [0.05, 0.1) is 16.4 Å². The Hall–Kier alpha value is -0.880. The molecule has 1 aromatic heterocycles. The van der Waals surface area contributed by atoms with Gasteiger partial charge in [0.2, 0.25) is 0 Å². The highest BCUT2D eigenvalue weighted by molar-refractivity contribution is 7.92. The molecular formula is C12H18O4S2. The van der Waals surface area contributed by atoms with Gasteiger partial charge in [0, 0.05) is 0 Å². The Morgan fingerprint density at radius 1 is 1.44 bits per heavy atom. The summed E-state index contributed by atoms with van der Waals surface area (Å²) < 4.78 is 23.1. The minimum absolute atomic E-state index is 0.258.